The fourth-order valence-electron chi connectivity index (χ4n) is 4.04. The number of ether oxygens (including phenoxy) is 2. The van der Waals surface area contributed by atoms with Crippen molar-refractivity contribution < 1.29 is 19.2 Å². The Hall–Kier alpha value is -3.11. The lowest BCUT2D eigenvalue weighted by Gasteiger charge is -2.28. The van der Waals surface area contributed by atoms with Crippen molar-refractivity contribution in [1.82, 2.24) is 0 Å². The van der Waals surface area contributed by atoms with Crippen molar-refractivity contribution in [2.75, 3.05) is 29.7 Å². The first-order valence-corrected chi connectivity index (χ1v) is 11.4. The number of carbonyl (C=O) groups excluding carboxylic acids is 1. The van der Waals surface area contributed by atoms with Crippen molar-refractivity contribution in [3.63, 3.8) is 0 Å². The summed E-state index contributed by atoms with van der Waals surface area (Å²) in [5.41, 5.74) is 1.85. The topological polar surface area (TPSA) is 85.2 Å². The first-order chi connectivity index (χ1) is 15.5. The number of piperidine rings is 1. The van der Waals surface area contributed by atoms with E-state index in [2.05, 4.69) is 4.90 Å². The summed E-state index contributed by atoms with van der Waals surface area (Å²) in [4.78, 5) is 28.4. The summed E-state index contributed by atoms with van der Waals surface area (Å²) in [7, 11) is 0. The van der Waals surface area contributed by atoms with Gasteiger partial charge in [0.05, 0.1) is 15.5 Å². The van der Waals surface area contributed by atoms with Crippen molar-refractivity contribution in [2.24, 2.45) is 0 Å². The maximum absolute atomic E-state index is 13.1. The van der Waals surface area contributed by atoms with Gasteiger partial charge in [-0.05, 0) is 49.1 Å². The molecule has 0 aliphatic carbocycles. The number of anilines is 2. The Kier molecular flexibility index (Phi) is 5.48. The second-order valence-corrected chi connectivity index (χ2v) is 9.28. The molecule has 10 heteroatoms. The molecule has 0 radical (unpaired) electrons. The van der Waals surface area contributed by atoms with Crippen LogP contribution in [0.4, 0.5) is 17.1 Å². The van der Waals surface area contributed by atoms with Crippen LogP contribution < -0.4 is 19.3 Å². The van der Waals surface area contributed by atoms with Crippen LogP contribution in [0.3, 0.4) is 0 Å². The number of hydrogen-bond donors (Lipinski definition) is 0. The minimum absolute atomic E-state index is 0.0481. The van der Waals surface area contributed by atoms with Gasteiger partial charge in [0, 0.05) is 25.2 Å². The molecule has 3 aliphatic heterocycles. The van der Waals surface area contributed by atoms with Crippen LogP contribution in [0.25, 0.3) is 6.08 Å². The van der Waals surface area contributed by atoms with Gasteiger partial charge < -0.3 is 14.4 Å². The predicted molar refractivity (Wildman–Crippen MR) is 127 cm³/mol. The number of thiocarbonyl (C=S) groups is 1. The highest BCUT2D eigenvalue weighted by Gasteiger charge is 2.34. The Labute approximate surface area is 193 Å². The Morgan fingerprint density at radius 1 is 1.06 bits per heavy atom. The molecule has 2 aromatic carbocycles. The van der Waals surface area contributed by atoms with Crippen LogP contribution in [0.2, 0.25) is 0 Å². The molecule has 3 aliphatic rings. The molecule has 0 aromatic heterocycles. The van der Waals surface area contributed by atoms with Gasteiger partial charge in [-0.15, -0.1) is 0 Å². The number of thioether (sulfide) groups is 1. The van der Waals surface area contributed by atoms with Gasteiger partial charge in [0.25, 0.3) is 11.6 Å². The molecule has 2 aromatic rings. The number of carbonyl (C=O) groups is 1. The van der Waals surface area contributed by atoms with E-state index in [-0.39, 0.29) is 23.3 Å². The molecule has 2 saturated heterocycles. The maximum Gasteiger partial charge on any atom is 0.293 e. The Balaban J connectivity index is 1.43. The zero-order valence-corrected chi connectivity index (χ0v) is 18.6. The van der Waals surface area contributed by atoms with Gasteiger partial charge in [-0.1, -0.05) is 30.0 Å². The number of hydrogen-bond acceptors (Lipinski definition) is 8. The minimum Gasteiger partial charge on any atom is -0.454 e. The molecule has 32 heavy (non-hydrogen) atoms. The van der Waals surface area contributed by atoms with Gasteiger partial charge in [0.1, 0.15) is 5.69 Å². The standard InChI is InChI=1S/C22H19N3O5S2/c26-21-20(32-22(31)24(21)15-5-7-18-19(12-15)30-13-29-18)11-14-4-6-16(17(10-14)25(27)28)23-8-2-1-3-9-23/h4-7,10-12H,1-3,8-9,13H2. The van der Waals surface area contributed by atoms with Crippen LogP contribution in [0.1, 0.15) is 24.8 Å². The molecular formula is C22H19N3O5S2. The van der Waals surface area contributed by atoms with Crippen molar-refractivity contribution in [3.05, 3.63) is 57.0 Å². The first-order valence-electron chi connectivity index (χ1n) is 10.2. The van der Waals surface area contributed by atoms with Gasteiger partial charge >= 0.3 is 0 Å². The van der Waals surface area contributed by atoms with Gasteiger partial charge in [0.15, 0.2) is 15.8 Å². The number of amides is 1. The van der Waals surface area contributed by atoms with Crippen molar-refractivity contribution >= 4 is 57.3 Å². The molecule has 0 atom stereocenters. The normalized spacial score (nSPS) is 19.2. The number of benzene rings is 2. The largest absolute Gasteiger partial charge is 0.454 e. The number of nitro groups is 1. The fourth-order valence-corrected chi connectivity index (χ4v) is 5.34. The van der Waals surface area contributed by atoms with E-state index in [4.69, 9.17) is 21.7 Å². The van der Waals surface area contributed by atoms with Crippen LogP contribution >= 0.6 is 24.0 Å². The third-order valence-electron chi connectivity index (χ3n) is 5.60. The first kappa shape index (κ1) is 20.8. The monoisotopic (exact) mass is 469 g/mol. The summed E-state index contributed by atoms with van der Waals surface area (Å²) in [6.07, 6.45) is 4.86. The van der Waals surface area contributed by atoms with Crippen LogP contribution in [-0.4, -0.2) is 35.0 Å². The van der Waals surface area contributed by atoms with Crippen LogP contribution in [-0.2, 0) is 4.79 Å². The average Bonchev–Trinajstić information content (AvgIpc) is 3.37. The zero-order chi connectivity index (χ0) is 22.2. The molecule has 2 fully saturated rings. The van der Waals surface area contributed by atoms with E-state index in [0.29, 0.717) is 37.7 Å². The van der Waals surface area contributed by atoms with Crippen LogP contribution in [0, 0.1) is 10.1 Å². The molecule has 164 valence electrons. The van der Waals surface area contributed by atoms with E-state index >= 15 is 0 Å². The van der Waals surface area contributed by atoms with Crippen molar-refractivity contribution in [1.29, 1.82) is 0 Å². The molecule has 0 N–H and O–H groups in total. The van der Waals surface area contributed by atoms with Gasteiger partial charge in [-0.2, -0.15) is 0 Å². The van der Waals surface area contributed by atoms with Gasteiger partial charge in [0.2, 0.25) is 6.79 Å². The van der Waals surface area contributed by atoms with E-state index in [0.717, 1.165) is 32.4 Å². The summed E-state index contributed by atoms with van der Waals surface area (Å²) in [5.74, 6) is 0.905. The Morgan fingerprint density at radius 2 is 1.84 bits per heavy atom. The van der Waals surface area contributed by atoms with E-state index in [9.17, 15) is 14.9 Å². The summed E-state index contributed by atoms with van der Waals surface area (Å²) in [5, 5.41) is 11.7. The zero-order valence-electron chi connectivity index (χ0n) is 17.0. The quantitative estimate of drug-likeness (QED) is 0.275. The molecule has 0 unspecified atom stereocenters. The number of nitrogens with zero attached hydrogens (tertiary/aromatic N) is 3. The van der Waals surface area contributed by atoms with Crippen LogP contribution in [0.5, 0.6) is 11.5 Å². The highest BCUT2D eigenvalue weighted by Crippen LogP contribution is 2.41. The summed E-state index contributed by atoms with van der Waals surface area (Å²) in [6.45, 7) is 1.77. The second-order valence-electron chi connectivity index (χ2n) is 7.61. The molecule has 0 spiro atoms. The van der Waals surface area contributed by atoms with Crippen molar-refractivity contribution in [3.8, 4) is 11.5 Å². The summed E-state index contributed by atoms with van der Waals surface area (Å²) in [6, 6.07) is 10.3. The Bertz CT molecular complexity index is 1160. The molecular weight excluding hydrogens is 450 g/mol. The number of rotatable bonds is 4. The van der Waals surface area contributed by atoms with E-state index < -0.39 is 0 Å². The highest BCUT2D eigenvalue weighted by molar-refractivity contribution is 8.27. The number of nitro benzene ring substituents is 1. The van der Waals surface area contributed by atoms with E-state index in [1.165, 1.54) is 22.7 Å². The van der Waals surface area contributed by atoms with Crippen molar-refractivity contribution in [2.45, 2.75) is 19.3 Å². The number of fused-ring (bicyclic) bond motifs is 1. The Morgan fingerprint density at radius 3 is 2.62 bits per heavy atom. The highest BCUT2D eigenvalue weighted by atomic mass is 32.2. The van der Waals surface area contributed by atoms with E-state index in [1.54, 1.807) is 30.3 Å². The second kappa shape index (κ2) is 8.44. The third-order valence-corrected chi connectivity index (χ3v) is 6.90. The predicted octanol–water partition coefficient (Wildman–Crippen LogP) is 4.72. The van der Waals surface area contributed by atoms with Gasteiger partial charge in [-0.25, -0.2) is 0 Å². The van der Waals surface area contributed by atoms with E-state index in [1.807, 2.05) is 6.07 Å². The maximum atomic E-state index is 13.1. The third kappa shape index (κ3) is 3.80. The molecule has 0 saturated carbocycles. The molecule has 8 nitrogen and oxygen atoms in total. The SMILES string of the molecule is O=C1C(=Cc2ccc(N3CCCCC3)c([N+](=O)[O-])c2)SC(=S)N1c1ccc2c(c1)OCO2. The minimum atomic E-state index is -0.362. The molecule has 5 rings (SSSR count). The smallest absolute Gasteiger partial charge is 0.293 e. The lowest BCUT2D eigenvalue weighted by atomic mass is 10.1. The molecule has 3 heterocycles. The molecule has 1 amide bonds. The summed E-state index contributed by atoms with van der Waals surface area (Å²) >= 11 is 6.60. The van der Waals surface area contributed by atoms with Crippen LogP contribution in [0.15, 0.2) is 41.3 Å². The summed E-state index contributed by atoms with van der Waals surface area (Å²) < 4.78 is 11.1. The average molecular weight is 470 g/mol. The fraction of sp³-hybridized carbons (Fsp3) is 0.273. The van der Waals surface area contributed by atoms with Gasteiger partial charge in [-0.3, -0.25) is 19.8 Å². The lowest BCUT2D eigenvalue weighted by molar-refractivity contribution is -0.384. The molecule has 0 bridgehead atoms. The lowest BCUT2D eigenvalue weighted by Crippen LogP contribution is -2.29.